The van der Waals surface area contributed by atoms with Gasteiger partial charge in [0.1, 0.15) is 5.54 Å². The molecule has 3 aliphatic rings. The Labute approximate surface area is 190 Å². The Morgan fingerprint density at radius 1 is 1.12 bits per heavy atom. The lowest BCUT2D eigenvalue weighted by molar-refractivity contribution is -0.170. The second kappa shape index (κ2) is 8.04. The van der Waals surface area contributed by atoms with Gasteiger partial charge in [-0.15, -0.1) is 0 Å². The SMILES string of the molecule is Cn1cc(C(=O)NCC2C[C@H]3CC[C@@H](C2)N3CC(=O)NC2(C(F)(F)F)CC2)c2ccccc21. The number of piperidine rings is 1. The van der Waals surface area contributed by atoms with E-state index in [1.807, 2.05) is 42.1 Å². The Balaban J connectivity index is 1.15. The van der Waals surface area contributed by atoms with Crippen LogP contribution in [0.4, 0.5) is 13.2 Å². The monoisotopic (exact) mass is 462 g/mol. The first-order valence-corrected chi connectivity index (χ1v) is 11.6. The quantitative estimate of drug-likeness (QED) is 0.692. The number of aromatic nitrogens is 1. The Bertz CT molecular complexity index is 1060. The van der Waals surface area contributed by atoms with Gasteiger partial charge in [-0.1, -0.05) is 18.2 Å². The van der Waals surface area contributed by atoms with Crippen molar-refractivity contribution in [2.24, 2.45) is 13.0 Å². The van der Waals surface area contributed by atoms with Crippen LogP contribution in [0.5, 0.6) is 0 Å². The fourth-order valence-corrected chi connectivity index (χ4v) is 5.74. The van der Waals surface area contributed by atoms with Gasteiger partial charge in [0, 0.05) is 42.8 Å². The zero-order valence-corrected chi connectivity index (χ0v) is 18.6. The van der Waals surface area contributed by atoms with Crippen LogP contribution in [-0.4, -0.2) is 58.2 Å². The molecule has 9 heteroatoms. The third-order valence-corrected chi connectivity index (χ3v) is 7.67. The molecule has 6 nitrogen and oxygen atoms in total. The molecule has 2 aromatic rings. The molecule has 2 saturated heterocycles. The van der Waals surface area contributed by atoms with Gasteiger partial charge in [0.15, 0.2) is 0 Å². The number of hydrogen-bond acceptors (Lipinski definition) is 3. The number of aryl methyl sites for hydroxylation is 1. The minimum atomic E-state index is -4.39. The van der Waals surface area contributed by atoms with Gasteiger partial charge in [-0.05, 0) is 50.5 Å². The third-order valence-electron chi connectivity index (χ3n) is 7.67. The van der Waals surface area contributed by atoms with Crippen molar-refractivity contribution in [3.8, 4) is 0 Å². The summed E-state index contributed by atoms with van der Waals surface area (Å²) in [5, 5.41) is 6.25. The number of nitrogens with zero attached hydrogens (tertiary/aromatic N) is 2. The van der Waals surface area contributed by atoms with E-state index in [2.05, 4.69) is 15.5 Å². The summed E-state index contributed by atoms with van der Waals surface area (Å²) in [4.78, 5) is 27.3. The normalized spacial score (nSPS) is 26.4. The molecule has 1 aliphatic carbocycles. The smallest absolute Gasteiger partial charge is 0.352 e. The summed E-state index contributed by atoms with van der Waals surface area (Å²) < 4.78 is 41.4. The topological polar surface area (TPSA) is 66.4 Å². The standard InChI is InChI=1S/C24H29F3N4O2/c1-30-13-19(18-4-2-3-5-20(18)30)22(33)28-12-15-10-16-6-7-17(11-15)31(16)14-21(32)29-23(8-9-23)24(25,26)27/h2-5,13,15-17H,6-12,14H2,1H3,(H,28,33)(H,29,32)/t15?,16-,17+. The fraction of sp³-hybridized carbons (Fsp3) is 0.583. The number of nitrogens with one attached hydrogen (secondary N) is 2. The molecule has 3 fully saturated rings. The van der Waals surface area contributed by atoms with Crippen molar-refractivity contribution < 1.29 is 22.8 Å². The number of hydrogen-bond donors (Lipinski definition) is 2. The van der Waals surface area contributed by atoms with E-state index in [1.54, 1.807) is 0 Å². The van der Waals surface area contributed by atoms with Gasteiger partial charge in [0.25, 0.3) is 5.91 Å². The number of carbonyl (C=O) groups is 2. The van der Waals surface area contributed by atoms with Crippen LogP contribution in [0.1, 0.15) is 48.9 Å². The second-order valence-electron chi connectivity index (χ2n) is 9.90. The molecule has 3 atom stereocenters. The van der Waals surface area contributed by atoms with Gasteiger partial charge in [-0.2, -0.15) is 13.2 Å². The molecule has 1 aromatic heterocycles. The molecule has 33 heavy (non-hydrogen) atoms. The number of alkyl halides is 3. The summed E-state index contributed by atoms with van der Waals surface area (Å²) in [5.74, 6) is -0.335. The first kappa shape index (κ1) is 22.3. The maximum Gasteiger partial charge on any atom is 0.411 e. The Morgan fingerprint density at radius 3 is 2.42 bits per heavy atom. The summed E-state index contributed by atoms with van der Waals surface area (Å²) >= 11 is 0. The van der Waals surface area contributed by atoms with E-state index >= 15 is 0 Å². The highest BCUT2D eigenvalue weighted by atomic mass is 19.4. The maximum absolute atomic E-state index is 13.1. The number of fused-ring (bicyclic) bond motifs is 3. The van der Waals surface area contributed by atoms with Crippen molar-refractivity contribution in [2.45, 2.75) is 62.3 Å². The Hall–Kier alpha value is -2.55. The molecular weight excluding hydrogens is 433 g/mol. The predicted octanol–water partition coefficient (Wildman–Crippen LogP) is 3.36. The van der Waals surface area contributed by atoms with Gasteiger partial charge in [-0.3, -0.25) is 14.5 Å². The van der Waals surface area contributed by atoms with E-state index < -0.39 is 17.6 Å². The molecule has 2 amide bonds. The van der Waals surface area contributed by atoms with Crippen molar-refractivity contribution >= 4 is 22.7 Å². The summed E-state index contributed by atoms with van der Waals surface area (Å²) in [5.41, 5.74) is -0.345. The Morgan fingerprint density at radius 2 is 1.79 bits per heavy atom. The van der Waals surface area contributed by atoms with Crippen molar-refractivity contribution in [3.63, 3.8) is 0 Å². The fourth-order valence-electron chi connectivity index (χ4n) is 5.74. The van der Waals surface area contributed by atoms with Crippen molar-refractivity contribution in [3.05, 3.63) is 36.0 Å². The summed E-state index contributed by atoms with van der Waals surface area (Å²) in [7, 11) is 1.92. The molecule has 2 bridgehead atoms. The van der Waals surface area contributed by atoms with Crippen molar-refractivity contribution in [2.75, 3.05) is 13.1 Å². The highest BCUT2D eigenvalue weighted by molar-refractivity contribution is 6.06. The molecule has 1 aromatic carbocycles. The second-order valence-corrected chi connectivity index (χ2v) is 9.90. The minimum absolute atomic E-state index is 0.0161. The van der Waals surface area contributed by atoms with Crippen LogP contribution in [0, 0.1) is 5.92 Å². The van der Waals surface area contributed by atoms with Crippen LogP contribution < -0.4 is 10.6 Å². The van der Waals surface area contributed by atoms with Crippen LogP contribution in [0.2, 0.25) is 0 Å². The molecule has 1 unspecified atom stereocenters. The molecule has 0 radical (unpaired) electrons. The Kier molecular flexibility index (Phi) is 5.42. The lowest BCUT2D eigenvalue weighted by Gasteiger charge is -2.38. The average Bonchev–Trinajstić information content (AvgIpc) is 3.43. The van der Waals surface area contributed by atoms with E-state index in [4.69, 9.17) is 0 Å². The molecule has 3 heterocycles. The number of para-hydroxylation sites is 1. The minimum Gasteiger partial charge on any atom is -0.352 e. The van der Waals surface area contributed by atoms with Crippen LogP contribution >= 0.6 is 0 Å². The zero-order valence-electron chi connectivity index (χ0n) is 18.6. The maximum atomic E-state index is 13.1. The van der Waals surface area contributed by atoms with Crippen molar-refractivity contribution in [1.82, 2.24) is 20.1 Å². The van der Waals surface area contributed by atoms with E-state index in [9.17, 15) is 22.8 Å². The lowest BCUT2D eigenvalue weighted by atomic mass is 9.90. The largest absolute Gasteiger partial charge is 0.411 e. The molecule has 2 N–H and O–H groups in total. The van der Waals surface area contributed by atoms with E-state index in [0.717, 1.165) is 36.6 Å². The van der Waals surface area contributed by atoms with Gasteiger partial charge < -0.3 is 15.2 Å². The van der Waals surface area contributed by atoms with Gasteiger partial charge in [0.05, 0.1) is 12.1 Å². The van der Waals surface area contributed by atoms with Gasteiger partial charge in [0.2, 0.25) is 5.91 Å². The zero-order chi connectivity index (χ0) is 23.4. The molecule has 0 spiro atoms. The number of halogens is 3. The first-order chi connectivity index (χ1) is 15.7. The molecule has 1 saturated carbocycles. The average molecular weight is 463 g/mol. The van der Waals surface area contributed by atoms with Gasteiger partial charge >= 0.3 is 6.18 Å². The molecule has 178 valence electrons. The highest BCUT2D eigenvalue weighted by Gasteiger charge is 2.64. The number of amides is 2. The summed E-state index contributed by atoms with van der Waals surface area (Å²) in [6.45, 7) is 0.578. The number of benzene rings is 1. The molecular formula is C24H29F3N4O2. The van der Waals surface area contributed by atoms with E-state index in [-0.39, 0.29) is 37.4 Å². The number of carbonyl (C=O) groups excluding carboxylic acids is 2. The van der Waals surface area contributed by atoms with Crippen LogP contribution in [-0.2, 0) is 11.8 Å². The van der Waals surface area contributed by atoms with Gasteiger partial charge in [-0.25, -0.2) is 0 Å². The predicted molar refractivity (Wildman–Crippen MR) is 118 cm³/mol. The molecule has 5 rings (SSSR count). The molecule has 2 aliphatic heterocycles. The van der Waals surface area contributed by atoms with Crippen LogP contribution in [0.25, 0.3) is 10.9 Å². The summed E-state index contributed by atoms with van der Waals surface area (Å²) in [6, 6.07) is 8.14. The third kappa shape index (κ3) is 4.11. The highest BCUT2D eigenvalue weighted by Crippen LogP contribution is 2.49. The number of rotatable bonds is 6. The van der Waals surface area contributed by atoms with Crippen LogP contribution in [0.3, 0.4) is 0 Å². The lowest BCUT2D eigenvalue weighted by Crippen LogP contribution is -2.54. The van der Waals surface area contributed by atoms with Crippen LogP contribution in [0.15, 0.2) is 30.5 Å². The van der Waals surface area contributed by atoms with Crippen molar-refractivity contribution in [1.29, 1.82) is 0 Å². The van der Waals surface area contributed by atoms with E-state index in [0.29, 0.717) is 18.0 Å². The summed E-state index contributed by atoms with van der Waals surface area (Å²) in [6.07, 6.45) is 0.941. The van der Waals surface area contributed by atoms with E-state index in [1.165, 1.54) is 0 Å². The first-order valence-electron chi connectivity index (χ1n) is 11.6.